The Kier molecular flexibility index (Phi) is 2.81. The van der Waals surface area contributed by atoms with Crippen LogP contribution in [-0.2, 0) is 16.4 Å². The van der Waals surface area contributed by atoms with Crippen molar-refractivity contribution >= 4 is 21.2 Å². The van der Waals surface area contributed by atoms with E-state index in [-0.39, 0.29) is 4.34 Å². The molecule has 1 N–H and O–H groups in total. The molecule has 0 saturated carbocycles. The minimum atomic E-state index is -3.12. The second-order valence-electron chi connectivity index (χ2n) is 2.41. The van der Waals surface area contributed by atoms with E-state index < -0.39 is 9.84 Å². The van der Waals surface area contributed by atoms with Crippen molar-refractivity contribution in [1.82, 2.24) is 10.3 Å². The van der Waals surface area contributed by atoms with Crippen LogP contribution in [0.25, 0.3) is 0 Å². The van der Waals surface area contributed by atoms with Crippen LogP contribution in [0.15, 0.2) is 9.72 Å². The van der Waals surface area contributed by atoms with E-state index in [1.165, 1.54) is 0 Å². The normalized spacial score (nSPS) is 11.8. The van der Waals surface area contributed by atoms with Crippen LogP contribution >= 0.6 is 11.3 Å². The van der Waals surface area contributed by atoms with Crippen molar-refractivity contribution in [3.63, 3.8) is 0 Å². The summed E-state index contributed by atoms with van der Waals surface area (Å²) in [6.07, 6.45) is 1.16. The Balaban J connectivity index is 2.92. The van der Waals surface area contributed by atoms with Gasteiger partial charge in [0.05, 0.1) is 5.69 Å². The SMILES string of the molecule is CNCc1csc(S(C)(=O)=O)n1. The van der Waals surface area contributed by atoms with E-state index in [9.17, 15) is 8.42 Å². The van der Waals surface area contributed by atoms with Crippen molar-refractivity contribution in [3.05, 3.63) is 11.1 Å². The Morgan fingerprint density at radius 1 is 1.67 bits per heavy atom. The van der Waals surface area contributed by atoms with Gasteiger partial charge >= 0.3 is 0 Å². The summed E-state index contributed by atoms with van der Waals surface area (Å²) in [6.45, 7) is 0.603. The van der Waals surface area contributed by atoms with Crippen LogP contribution in [0.1, 0.15) is 5.69 Å². The monoisotopic (exact) mass is 206 g/mol. The molecule has 1 rings (SSSR count). The standard InChI is InChI=1S/C6H10N2O2S2/c1-7-3-5-4-11-6(8-5)12(2,9)10/h4,7H,3H2,1-2H3. The van der Waals surface area contributed by atoms with Crippen LogP contribution in [0.3, 0.4) is 0 Å². The van der Waals surface area contributed by atoms with Gasteiger partial charge in [-0.2, -0.15) is 0 Å². The van der Waals surface area contributed by atoms with Crippen molar-refractivity contribution in [2.24, 2.45) is 0 Å². The molecular formula is C6H10N2O2S2. The third-order valence-corrected chi connectivity index (χ3v) is 3.81. The number of hydrogen-bond acceptors (Lipinski definition) is 5. The van der Waals surface area contributed by atoms with Crippen LogP contribution in [0.2, 0.25) is 0 Å². The lowest BCUT2D eigenvalue weighted by molar-refractivity contribution is 0.600. The van der Waals surface area contributed by atoms with Crippen molar-refractivity contribution in [2.75, 3.05) is 13.3 Å². The molecule has 68 valence electrons. The Bertz CT molecular complexity index is 355. The summed E-state index contributed by atoms with van der Waals surface area (Å²) in [4.78, 5) is 3.94. The van der Waals surface area contributed by atoms with Crippen molar-refractivity contribution in [2.45, 2.75) is 10.9 Å². The number of nitrogens with zero attached hydrogens (tertiary/aromatic N) is 1. The molecule has 0 spiro atoms. The van der Waals surface area contributed by atoms with E-state index in [2.05, 4.69) is 10.3 Å². The van der Waals surface area contributed by atoms with Crippen LogP contribution in [0.4, 0.5) is 0 Å². The van der Waals surface area contributed by atoms with Crippen molar-refractivity contribution in [3.8, 4) is 0 Å². The lowest BCUT2D eigenvalue weighted by Gasteiger charge is -1.91. The molecule has 12 heavy (non-hydrogen) atoms. The predicted octanol–water partition coefficient (Wildman–Crippen LogP) is 0.266. The molecule has 0 aromatic carbocycles. The Labute approximate surface area is 75.6 Å². The highest BCUT2D eigenvalue weighted by atomic mass is 32.2. The zero-order valence-electron chi connectivity index (χ0n) is 6.86. The van der Waals surface area contributed by atoms with Gasteiger partial charge in [0, 0.05) is 18.2 Å². The average Bonchev–Trinajstić information content (AvgIpc) is 2.35. The molecule has 0 bridgehead atoms. The third kappa shape index (κ3) is 2.26. The van der Waals surface area contributed by atoms with Crippen LogP contribution < -0.4 is 5.32 Å². The first kappa shape index (κ1) is 9.63. The van der Waals surface area contributed by atoms with Gasteiger partial charge in [-0.05, 0) is 7.05 Å². The Morgan fingerprint density at radius 2 is 2.33 bits per heavy atom. The van der Waals surface area contributed by atoms with E-state index in [4.69, 9.17) is 0 Å². The summed E-state index contributed by atoms with van der Waals surface area (Å²) >= 11 is 1.16. The van der Waals surface area contributed by atoms with Gasteiger partial charge in [-0.3, -0.25) is 0 Å². The highest BCUT2D eigenvalue weighted by Crippen LogP contribution is 2.14. The molecule has 6 heteroatoms. The summed E-state index contributed by atoms with van der Waals surface area (Å²) < 4.78 is 22.1. The molecule has 0 atom stereocenters. The quantitative estimate of drug-likeness (QED) is 0.771. The summed E-state index contributed by atoms with van der Waals surface area (Å²) in [5.41, 5.74) is 0.767. The average molecular weight is 206 g/mol. The van der Waals surface area contributed by atoms with Gasteiger partial charge in [0.2, 0.25) is 14.2 Å². The number of rotatable bonds is 3. The molecule has 1 aromatic rings. The minimum Gasteiger partial charge on any atom is -0.314 e. The number of thiazole rings is 1. The lowest BCUT2D eigenvalue weighted by Crippen LogP contribution is -2.05. The summed E-state index contributed by atoms with van der Waals surface area (Å²) in [6, 6.07) is 0. The molecule has 1 aromatic heterocycles. The Morgan fingerprint density at radius 3 is 2.75 bits per heavy atom. The van der Waals surface area contributed by atoms with E-state index in [1.807, 2.05) is 0 Å². The second kappa shape index (κ2) is 3.51. The molecule has 4 nitrogen and oxygen atoms in total. The topological polar surface area (TPSA) is 59.1 Å². The van der Waals surface area contributed by atoms with Gasteiger partial charge in [-0.25, -0.2) is 13.4 Å². The maximum Gasteiger partial charge on any atom is 0.209 e. The Hall–Kier alpha value is -0.460. The molecule has 1 heterocycles. The highest BCUT2D eigenvalue weighted by Gasteiger charge is 2.11. The molecule has 0 unspecified atom stereocenters. The first-order chi connectivity index (χ1) is 5.54. The smallest absolute Gasteiger partial charge is 0.209 e. The van der Waals surface area contributed by atoms with Crippen LogP contribution in [0, 0.1) is 0 Å². The predicted molar refractivity (Wildman–Crippen MR) is 48.0 cm³/mol. The number of nitrogens with one attached hydrogen (secondary N) is 1. The van der Waals surface area contributed by atoms with Crippen molar-refractivity contribution in [1.29, 1.82) is 0 Å². The zero-order chi connectivity index (χ0) is 9.19. The molecule has 0 radical (unpaired) electrons. The summed E-state index contributed by atoms with van der Waals surface area (Å²) in [7, 11) is -1.33. The van der Waals surface area contributed by atoms with Crippen molar-refractivity contribution < 1.29 is 8.42 Å². The fourth-order valence-electron chi connectivity index (χ4n) is 0.721. The molecular weight excluding hydrogens is 196 g/mol. The van der Waals surface area contributed by atoms with E-state index in [0.29, 0.717) is 6.54 Å². The van der Waals surface area contributed by atoms with Gasteiger partial charge < -0.3 is 5.32 Å². The molecule has 0 fully saturated rings. The largest absolute Gasteiger partial charge is 0.314 e. The lowest BCUT2D eigenvalue weighted by atomic mass is 10.5. The van der Waals surface area contributed by atoms with E-state index in [0.717, 1.165) is 23.3 Å². The van der Waals surface area contributed by atoms with Gasteiger partial charge in [0.25, 0.3) is 0 Å². The molecule has 0 saturated heterocycles. The van der Waals surface area contributed by atoms with E-state index in [1.54, 1.807) is 12.4 Å². The zero-order valence-corrected chi connectivity index (χ0v) is 8.50. The maximum absolute atomic E-state index is 11.0. The third-order valence-electron chi connectivity index (χ3n) is 1.21. The molecule has 0 aliphatic heterocycles. The second-order valence-corrected chi connectivity index (χ2v) is 5.45. The first-order valence-corrected chi connectivity index (χ1v) is 6.10. The highest BCUT2D eigenvalue weighted by molar-refractivity contribution is 7.92. The molecule has 0 aliphatic carbocycles. The maximum atomic E-state index is 11.0. The number of aromatic nitrogens is 1. The molecule has 0 aliphatic rings. The number of hydrogen-bond donors (Lipinski definition) is 1. The first-order valence-electron chi connectivity index (χ1n) is 3.33. The molecule has 0 amide bonds. The summed E-state index contributed by atoms with van der Waals surface area (Å²) in [5.74, 6) is 0. The summed E-state index contributed by atoms with van der Waals surface area (Å²) in [5, 5.41) is 4.64. The van der Waals surface area contributed by atoms with Crippen LogP contribution in [0.5, 0.6) is 0 Å². The fourth-order valence-corrected chi connectivity index (χ4v) is 2.39. The van der Waals surface area contributed by atoms with Gasteiger partial charge in [-0.15, -0.1) is 11.3 Å². The van der Waals surface area contributed by atoms with Crippen LogP contribution in [-0.4, -0.2) is 26.7 Å². The van der Waals surface area contributed by atoms with Gasteiger partial charge in [-0.1, -0.05) is 0 Å². The van der Waals surface area contributed by atoms with Gasteiger partial charge in [0.1, 0.15) is 0 Å². The number of sulfone groups is 1. The minimum absolute atomic E-state index is 0.188. The van der Waals surface area contributed by atoms with E-state index >= 15 is 0 Å². The fraction of sp³-hybridized carbons (Fsp3) is 0.500. The van der Waals surface area contributed by atoms with Gasteiger partial charge in [0.15, 0.2) is 0 Å².